The number of hydrogen-bond acceptors (Lipinski definition) is 3. The summed E-state index contributed by atoms with van der Waals surface area (Å²) in [5, 5.41) is 12.8. The molecule has 0 aromatic heterocycles. The summed E-state index contributed by atoms with van der Waals surface area (Å²) >= 11 is 1.81. The van der Waals surface area contributed by atoms with E-state index in [0.717, 1.165) is 12.3 Å². The van der Waals surface area contributed by atoms with Crippen molar-refractivity contribution in [2.24, 2.45) is 0 Å². The Balaban J connectivity index is 2.68. The molecule has 3 heteroatoms. The summed E-state index contributed by atoms with van der Waals surface area (Å²) < 4.78 is 0. The lowest BCUT2D eigenvalue weighted by molar-refractivity contribution is 0.194. The molecule has 0 spiro atoms. The first-order valence-electron chi connectivity index (χ1n) is 6.06. The van der Waals surface area contributed by atoms with Gasteiger partial charge in [0.05, 0.1) is 6.61 Å². The van der Waals surface area contributed by atoms with Gasteiger partial charge >= 0.3 is 0 Å². The smallest absolute Gasteiger partial charge is 0.0618 e. The average molecular weight is 253 g/mol. The van der Waals surface area contributed by atoms with E-state index in [1.165, 1.54) is 16.0 Å². The Morgan fingerprint density at radius 2 is 2.06 bits per heavy atom. The highest BCUT2D eigenvalue weighted by molar-refractivity contribution is 7.99. The maximum atomic E-state index is 9.44. The zero-order valence-electron chi connectivity index (χ0n) is 11.2. The van der Waals surface area contributed by atoms with Crippen LogP contribution < -0.4 is 5.32 Å². The van der Waals surface area contributed by atoms with Crippen molar-refractivity contribution in [3.8, 4) is 0 Å². The molecule has 96 valence electrons. The van der Waals surface area contributed by atoms with E-state index < -0.39 is 0 Å². The molecule has 0 fully saturated rings. The molecule has 1 aromatic rings. The third kappa shape index (κ3) is 4.34. The molecule has 0 aliphatic heterocycles. The molecule has 0 saturated heterocycles. The number of aryl methyl sites for hydroxylation is 2. The van der Waals surface area contributed by atoms with Crippen LogP contribution in [-0.2, 0) is 0 Å². The monoisotopic (exact) mass is 253 g/mol. The quantitative estimate of drug-likeness (QED) is 0.765. The van der Waals surface area contributed by atoms with Gasteiger partial charge in [0.2, 0.25) is 0 Å². The number of benzene rings is 1. The molecule has 1 unspecified atom stereocenters. The minimum atomic E-state index is -0.199. The fraction of sp³-hybridized carbons (Fsp3) is 0.571. The molecule has 1 aromatic carbocycles. The summed E-state index contributed by atoms with van der Waals surface area (Å²) in [4.78, 5) is 1.31. The van der Waals surface area contributed by atoms with Crippen molar-refractivity contribution < 1.29 is 5.11 Å². The predicted molar refractivity (Wildman–Crippen MR) is 75.8 cm³/mol. The van der Waals surface area contributed by atoms with Gasteiger partial charge < -0.3 is 10.4 Å². The van der Waals surface area contributed by atoms with Crippen LogP contribution in [0, 0.1) is 13.8 Å². The Morgan fingerprint density at radius 3 is 2.65 bits per heavy atom. The van der Waals surface area contributed by atoms with Gasteiger partial charge in [0.15, 0.2) is 0 Å². The van der Waals surface area contributed by atoms with Crippen molar-refractivity contribution in [2.45, 2.75) is 38.1 Å². The van der Waals surface area contributed by atoms with Crippen LogP contribution in [0.2, 0.25) is 0 Å². The van der Waals surface area contributed by atoms with Crippen LogP contribution in [-0.4, -0.2) is 29.5 Å². The highest BCUT2D eigenvalue weighted by Gasteiger charge is 2.22. The number of rotatable bonds is 6. The first-order valence-corrected chi connectivity index (χ1v) is 7.05. The summed E-state index contributed by atoms with van der Waals surface area (Å²) in [6, 6.07) is 6.50. The number of nitrogens with one attached hydrogen (secondary N) is 1. The maximum Gasteiger partial charge on any atom is 0.0618 e. The van der Waals surface area contributed by atoms with Crippen LogP contribution >= 0.6 is 11.8 Å². The number of likely N-dealkylation sites (N-methyl/N-ethyl adjacent to an activating group) is 1. The van der Waals surface area contributed by atoms with Crippen molar-refractivity contribution in [3.63, 3.8) is 0 Å². The lowest BCUT2D eigenvalue weighted by atomic mass is 10.1. The molecule has 0 radical (unpaired) electrons. The topological polar surface area (TPSA) is 32.3 Å². The second-order valence-electron chi connectivity index (χ2n) is 4.81. The van der Waals surface area contributed by atoms with Gasteiger partial charge in [-0.25, -0.2) is 0 Å². The van der Waals surface area contributed by atoms with E-state index in [2.05, 4.69) is 51.2 Å². The Morgan fingerprint density at radius 1 is 1.35 bits per heavy atom. The Kier molecular flexibility index (Phi) is 5.50. The lowest BCUT2D eigenvalue weighted by Gasteiger charge is -2.28. The van der Waals surface area contributed by atoms with E-state index >= 15 is 0 Å². The first-order chi connectivity index (χ1) is 8.00. The van der Waals surface area contributed by atoms with E-state index in [1.54, 1.807) is 0 Å². The van der Waals surface area contributed by atoms with Crippen LogP contribution in [0.25, 0.3) is 0 Å². The molecule has 0 heterocycles. The largest absolute Gasteiger partial charge is 0.394 e. The normalized spacial score (nSPS) is 14.6. The summed E-state index contributed by atoms with van der Waals surface area (Å²) in [5.74, 6) is 0.877. The summed E-state index contributed by atoms with van der Waals surface area (Å²) in [5.41, 5.74) is 2.39. The Hall–Kier alpha value is -0.510. The Labute approximate surface area is 109 Å². The minimum Gasteiger partial charge on any atom is -0.394 e. The summed E-state index contributed by atoms with van der Waals surface area (Å²) in [6.07, 6.45) is 0. The van der Waals surface area contributed by atoms with Gasteiger partial charge in [0.25, 0.3) is 0 Å². The molecule has 1 rings (SSSR count). The fourth-order valence-electron chi connectivity index (χ4n) is 1.68. The zero-order valence-corrected chi connectivity index (χ0v) is 12.0. The molecule has 0 aliphatic carbocycles. The van der Waals surface area contributed by atoms with Crippen LogP contribution in [0.4, 0.5) is 0 Å². The molecule has 0 aliphatic rings. The Bertz CT molecular complexity index is 367. The number of hydrogen-bond donors (Lipinski definition) is 2. The number of thioether (sulfide) groups is 1. The molecule has 2 nitrogen and oxygen atoms in total. The predicted octanol–water partition coefficient (Wildman–Crippen LogP) is 2.76. The lowest BCUT2D eigenvalue weighted by Crippen LogP contribution is -2.47. The van der Waals surface area contributed by atoms with Crippen molar-refractivity contribution in [3.05, 3.63) is 29.3 Å². The van der Waals surface area contributed by atoms with Gasteiger partial charge in [-0.15, -0.1) is 11.8 Å². The van der Waals surface area contributed by atoms with Crippen LogP contribution in [0.15, 0.2) is 23.1 Å². The summed E-state index contributed by atoms with van der Waals surface area (Å²) in [7, 11) is 0. The molecular formula is C14H23NOS. The van der Waals surface area contributed by atoms with Crippen molar-refractivity contribution >= 4 is 11.8 Å². The van der Waals surface area contributed by atoms with Gasteiger partial charge in [-0.2, -0.15) is 0 Å². The van der Waals surface area contributed by atoms with Crippen molar-refractivity contribution in [2.75, 3.05) is 18.9 Å². The number of aliphatic hydroxyl groups is 1. The molecule has 2 N–H and O–H groups in total. The summed E-state index contributed by atoms with van der Waals surface area (Å²) in [6.45, 7) is 9.42. The van der Waals surface area contributed by atoms with Gasteiger partial charge in [-0.1, -0.05) is 24.6 Å². The van der Waals surface area contributed by atoms with E-state index in [9.17, 15) is 5.11 Å². The van der Waals surface area contributed by atoms with Crippen LogP contribution in [0.1, 0.15) is 25.0 Å². The third-order valence-electron chi connectivity index (χ3n) is 2.84. The van der Waals surface area contributed by atoms with Crippen LogP contribution in [0.5, 0.6) is 0 Å². The van der Waals surface area contributed by atoms with E-state index in [1.807, 2.05) is 11.8 Å². The molecule has 0 saturated carbocycles. The van der Waals surface area contributed by atoms with Gasteiger partial charge in [0, 0.05) is 16.2 Å². The highest BCUT2D eigenvalue weighted by atomic mass is 32.2. The van der Waals surface area contributed by atoms with Gasteiger partial charge in [-0.05, 0) is 38.9 Å². The fourth-order valence-corrected chi connectivity index (χ4v) is 2.91. The SMILES string of the molecule is CCNC(C)(CO)CSc1cc(C)ccc1C. The standard InChI is InChI=1S/C14H23NOS/c1-5-15-14(4,9-16)10-17-13-8-11(2)6-7-12(13)3/h6-8,15-16H,5,9-10H2,1-4H3. The first kappa shape index (κ1) is 14.6. The minimum absolute atomic E-state index is 0.165. The average Bonchev–Trinajstić information content (AvgIpc) is 2.31. The maximum absolute atomic E-state index is 9.44. The third-order valence-corrected chi connectivity index (χ3v) is 4.37. The van der Waals surface area contributed by atoms with Crippen molar-refractivity contribution in [1.29, 1.82) is 0 Å². The van der Waals surface area contributed by atoms with E-state index in [4.69, 9.17) is 0 Å². The van der Waals surface area contributed by atoms with Gasteiger partial charge in [0.1, 0.15) is 0 Å². The second-order valence-corrected chi connectivity index (χ2v) is 5.82. The van der Waals surface area contributed by atoms with E-state index in [-0.39, 0.29) is 12.1 Å². The molecule has 17 heavy (non-hydrogen) atoms. The molecule has 1 atom stereocenters. The zero-order chi connectivity index (χ0) is 12.9. The van der Waals surface area contributed by atoms with Crippen LogP contribution in [0.3, 0.4) is 0 Å². The molecule has 0 amide bonds. The molecule has 0 bridgehead atoms. The van der Waals surface area contributed by atoms with Gasteiger partial charge in [-0.3, -0.25) is 0 Å². The molecular weight excluding hydrogens is 230 g/mol. The second kappa shape index (κ2) is 6.43. The van der Waals surface area contributed by atoms with E-state index in [0.29, 0.717) is 0 Å². The number of aliphatic hydroxyl groups excluding tert-OH is 1. The van der Waals surface area contributed by atoms with Crippen molar-refractivity contribution in [1.82, 2.24) is 5.32 Å². The highest BCUT2D eigenvalue weighted by Crippen LogP contribution is 2.26.